The lowest BCUT2D eigenvalue weighted by Crippen LogP contribution is -2.19. The molecular formula is C21H25FN4O3. The lowest BCUT2D eigenvalue weighted by atomic mass is 10.0. The zero-order valence-electron chi connectivity index (χ0n) is 16.5. The van der Waals surface area contributed by atoms with E-state index in [4.69, 9.17) is 5.21 Å². The fraction of sp³-hybridized carbons (Fsp3) is 0.333. The summed E-state index contributed by atoms with van der Waals surface area (Å²) in [6.45, 7) is 5.35. The normalized spacial score (nSPS) is 14.2. The molecule has 0 bridgehead atoms. The third kappa shape index (κ3) is 4.72. The SMILES string of the molecule is Cc1[nH]c(/C=C2\C(=O)Nc3ccc(F)cc32)c(C)c1CNCCCCC(=O)NO. The first-order valence-corrected chi connectivity index (χ1v) is 9.55. The van der Waals surface area contributed by atoms with E-state index in [0.717, 1.165) is 35.5 Å². The summed E-state index contributed by atoms with van der Waals surface area (Å²) in [4.78, 5) is 26.6. The molecular weight excluding hydrogens is 375 g/mol. The van der Waals surface area contributed by atoms with Gasteiger partial charge in [0.15, 0.2) is 0 Å². The molecule has 0 spiro atoms. The van der Waals surface area contributed by atoms with Gasteiger partial charge in [0.05, 0.1) is 5.57 Å². The van der Waals surface area contributed by atoms with Gasteiger partial charge in [0, 0.05) is 35.6 Å². The predicted octanol–water partition coefficient (Wildman–Crippen LogP) is 3.03. The van der Waals surface area contributed by atoms with Crippen molar-refractivity contribution in [1.82, 2.24) is 15.8 Å². The molecule has 0 fully saturated rings. The third-order valence-corrected chi connectivity index (χ3v) is 5.12. The number of H-pyrrole nitrogens is 1. The molecule has 2 heterocycles. The summed E-state index contributed by atoms with van der Waals surface area (Å²) < 4.78 is 13.6. The smallest absolute Gasteiger partial charge is 0.256 e. The van der Waals surface area contributed by atoms with E-state index in [2.05, 4.69) is 15.6 Å². The van der Waals surface area contributed by atoms with E-state index in [9.17, 15) is 14.0 Å². The fourth-order valence-corrected chi connectivity index (χ4v) is 3.48. The predicted molar refractivity (Wildman–Crippen MR) is 109 cm³/mol. The number of aromatic amines is 1. The number of benzene rings is 1. The summed E-state index contributed by atoms with van der Waals surface area (Å²) in [6.07, 6.45) is 3.56. The van der Waals surface area contributed by atoms with Crippen molar-refractivity contribution in [2.45, 2.75) is 39.7 Å². The summed E-state index contributed by atoms with van der Waals surface area (Å²) in [6, 6.07) is 4.26. The van der Waals surface area contributed by atoms with E-state index in [1.807, 2.05) is 13.8 Å². The number of hydrogen-bond donors (Lipinski definition) is 5. The first-order chi connectivity index (χ1) is 13.9. The van der Waals surface area contributed by atoms with E-state index in [1.165, 1.54) is 12.1 Å². The van der Waals surface area contributed by atoms with Crippen LogP contribution in [-0.4, -0.2) is 28.6 Å². The van der Waals surface area contributed by atoms with Crippen LogP contribution in [0.15, 0.2) is 18.2 Å². The van der Waals surface area contributed by atoms with Gasteiger partial charge in [-0.2, -0.15) is 0 Å². The number of fused-ring (bicyclic) bond motifs is 1. The lowest BCUT2D eigenvalue weighted by molar-refractivity contribution is -0.129. The Morgan fingerprint density at radius 1 is 1.28 bits per heavy atom. The number of hydrogen-bond acceptors (Lipinski definition) is 4. The van der Waals surface area contributed by atoms with Crippen LogP contribution in [-0.2, 0) is 16.1 Å². The Balaban J connectivity index is 1.67. The van der Waals surface area contributed by atoms with Crippen molar-refractivity contribution in [3.8, 4) is 0 Å². The van der Waals surface area contributed by atoms with Crippen molar-refractivity contribution in [1.29, 1.82) is 0 Å². The van der Waals surface area contributed by atoms with Crippen molar-refractivity contribution < 1.29 is 19.2 Å². The van der Waals surface area contributed by atoms with Gasteiger partial charge >= 0.3 is 0 Å². The summed E-state index contributed by atoms with van der Waals surface area (Å²) in [5.41, 5.74) is 7.19. The summed E-state index contributed by atoms with van der Waals surface area (Å²) in [5.74, 6) is -1.01. The summed E-state index contributed by atoms with van der Waals surface area (Å²) in [5, 5.41) is 14.6. The van der Waals surface area contributed by atoms with Gasteiger partial charge in [-0.25, -0.2) is 9.87 Å². The molecule has 0 saturated heterocycles. The maximum absolute atomic E-state index is 13.6. The van der Waals surface area contributed by atoms with Gasteiger partial charge < -0.3 is 15.6 Å². The molecule has 1 aromatic carbocycles. The lowest BCUT2D eigenvalue weighted by Gasteiger charge is -2.06. The molecule has 0 radical (unpaired) electrons. The number of hydroxylamine groups is 1. The van der Waals surface area contributed by atoms with Gasteiger partial charge in [-0.05, 0) is 68.6 Å². The first kappa shape index (κ1) is 20.8. The third-order valence-electron chi connectivity index (χ3n) is 5.12. The van der Waals surface area contributed by atoms with Crippen LogP contribution in [0.3, 0.4) is 0 Å². The zero-order chi connectivity index (χ0) is 21.0. The van der Waals surface area contributed by atoms with Crippen molar-refractivity contribution in [2.75, 3.05) is 11.9 Å². The van der Waals surface area contributed by atoms with Gasteiger partial charge in [0.25, 0.3) is 5.91 Å². The number of carbonyl (C=O) groups excluding carboxylic acids is 2. The molecule has 8 heteroatoms. The van der Waals surface area contributed by atoms with E-state index >= 15 is 0 Å². The minimum atomic E-state index is -0.383. The van der Waals surface area contributed by atoms with Crippen LogP contribution in [0.25, 0.3) is 11.6 Å². The minimum absolute atomic E-state index is 0.246. The Labute approximate surface area is 168 Å². The van der Waals surface area contributed by atoms with Crippen LogP contribution in [0.2, 0.25) is 0 Å². The molecule has 5 N–H and O–H groups in total. The highest BCUT2D eigenvalue weighted by Crippen LogP contribution is 2.34. The molecule has 1 aliphatic rings. The highest BCUT2D eigenvalue weighted by Gasteiger charge is 2.25. The minimum Gasteiger partial charge on any atom is -0.359 e. The molecule has 0 aliphatic carbocycles. The highest BCUT2D eigenvalue weighted by atomic mass is 19.1. The molecule has 2 amide bonds. The van der Waals surface area contributed by atoms with Crippen LogP contribution in [0.4, 0.5) is 10.1 Å². The van der Waals surface area contributed by atoms with Crippen molar-refractivity contribution in [3.05, 3.63) is 52.1 Å². The Hall–Kier alpha value is -2.97. The van der Waals surface area contributed by atoms with Gasteiger partial charge in [0.2, 0.25) is 5.91 Å². The van der Waals surface area contributed by atoms with Crippen LogP contribution in [0.5, 0.6) is 0 Å². The maximum atomic E-state index is 13.6. The van der Waals surface area contributed by atoms with Gasteiger partial charge in [0.1, 0.15) is 5.82 Å². The molecule has 0 atom stereocenters. The second-order valence-electron chi connectivity index (χ2n) is 7.14. The molecule has 1 aliphatic heterocycles. The molecule has 1 aromatic heterocycles. The fourth-order valence-electron chi connectivity index (χ4n) is 3.48. The Morgan fingerprint density at radius 3 is 2.83 bits per heavy atom. The van der Waals surface area contributed by atoms with Gasteiger partial charge in [-0.15, -0.1) is 0 Å². The second kappa shape index (κ2) is 9.02. The highest BCUT2D eigenvalue weighted by molar-refractivity contribution is 6.34. The molecule has 0 saturated carbocycles. The summed E-state index contributed by atoms with van der Waals surface area (Å²) >= 11 is 0. The topological polar surface area (TPSA) is 106 Å². The summed E-state index contributed by atoms with van der Waals surface area (Å²) in [7, 11) is 0. The van der Waals surface area contributed by atoms with Gasteiger partial charge in [-0.3, -0.25) is 14.8 Å². The van der Waals surface area contributed by atoms with Crippen molar-refractivity contribution in [2.24, 2.45) is 0 Å². The number of amides is 2. The van der Waals surface area contributed by atoms with E-state index in [-0.39, 0.29) is 17.6 Å². The quantitative estimate of drug-likeness (QED) is 0.203. The van der Waals surface area contributed by atoms with Crippen LogP contribution in [0, 0.1) is 19.7 Å². The van der Waals surface area contributed by atoms with E-state index in [1.54, 1.807) is 17.6 Å². The molecule has 0 unspecified atom stereocenters. The number of anilines is 1. The van der Waals surface area contributed by atoms with Gasteiger partial charge in [-0.1, -0.05) is 0 Å². The number of aromatic nitrogens is 1. The Kier molecular flexibility index (Phi) is 6.46. The van der Waals surface area contributed by atoms with Crippen LogP contribution in [0.1, 0.15) is 47.3 Å². The van der Waals surface area contributed by atoms with Crippen molar-refractivity contribution >= 4 is 29.2 Å². The average Bonchev–Trinajstić information content (AvgIpc) is 3.14. The Morgan fingerprint density at radius 2 is 2.07 bits per heavy atom. The zero-order valence-corrected chi connectivity index (χ0v) is 16.5. The van der Waals surface area contributed by atoms with E-state index in [0.29, 0.717) is 36.2 Å². The molecule has 29 heavy (non-hydrogen) atoms. The molecule has 2 aromatic rings. The maximum Gasteiger partial charge on any atom is 0.256 e. The van der Waals surface area contributed by atoms with Crippen LogP contribution >= 0.6 is 0 Å². The molecule has 7 nitrogen and oxygen atoms in total. The monoisotopic (exact) mass is 400 g/mol. The largest absolute Gasteiger partial charge is 0.359 e. The number of halogens is 1. The second-order valence-corrected chi connectivity index (χ2v) is 7.14. The number of aryl methyl sites for hydroxylation is 1. The number of unbranched alkanes of at least 4 members (excludes halogenated alkanes) is 1. The Bertz CT molecular complexity index is 965. The van der Waals surface area contributed by atoms with E-state index < -0.39 is 0 Å². The first-order valence-electron chi connectivity index (χ1n) is 9.55. The standard InChI is InChI=1S/C21H25FN4O3/c1-12-17(11-23-8-4-3-5-20(27)26-29)13(2)24-19(12)10-16-15-9-14(22)6-7-18(15)25-21(16)28/h6-7,9-10,23-24,29H,3-5,8,11H2,1-2H3,(H,25,28)(H,26,27)/b16-10-. The number of nitrogens with one attached hydrogen (secondary N) is 4. The van der Waals surface area contributed by atoms with Crippen LogP contribution < -0.4 is 16.1 Å². The number of rotatable bonds is 8. The molecule has 3 rings (SSSR count). The van der Waals surface area contributed by atoms with Crippen molar-refractivity contribution in [3.63, 3.8) is 0 Å². The molecule has 154 valence electrons. The average molecular weight is 400 g/mol. The number of carbonyl (C=O) groups is 2.